The van der Waals surface area contributed by atoms with Gasteiger partial charge < -0.3 is 16.0 Å². The summed E-state index contributed by atoms with van der Waals surface area (Å²) < 4.78 is 0. The molecule has 0 aliphatic carbocycles. The number of nitrogens with one attached hydrogen (secondary N) is 1. The molecule has 0 radical (unpaired) electrons. The van der Waals surface area contributed by atoms with Crippen molar-refractivity contribution in [1.29, 1.82) is 0 Å². The molecule has 2 rings (SSSR count). The second kappa shape index (κ2) is 5.53. The van der Waals surface area contributed by atoms with E-state index in [1.807, 2.05) is 24.3 Å². The number of aryl methyl sites for hydroxylation is 1. The lowest BCUT2D eigenvalue weighted by molar-refractivity contribution is -0.138. The molecule has 1 aromatic carbocycles. The Hall–Kier alpha value is -2.04. The first kappa shape index (κ1) is 12.4. The first-order valence-electron chi connectivity index (χ1n) is 6.04. The summed E-state index contributed by atoms with van der Waals surface area (Å²) >= 11 is 0. The SMILES string of the molecule is Nc1ccc(CCC(=O)N2CCNC(=O)C2)cc1. The van der Waals surface area contributed by atoms with E-state index >= 15 is 0 Å². The van der Waals surface area contributed by atoms with Gasteiger partial charge in [-0.3, -0.25) is 9.59 Å². The molecular weight excluding hydrogens is 230 g/mol. The number of carbonyl (C=O) groups is 2. The number of benzene rings is 1. The molecule has 5 heteroatoms. The maximum absolute atomic E-state index is 11.9. The number of amides is 2. The Balaban J connectivity index is 1.84. The maximum Gasteiger partial charge on any atom is 0.239 e. The van der Waals surface area contributed by atoms with Gasteiger partial charge in [0.1, 0.15) is 0 Å². The zero-order valence-electron chi connectivity index (χ0n) is 10.2. The third-order valence-corrected chi connectivity index (χ3v) is 3.00. The van der Waals surface area contributed by atoms with Crippen LogP contribution in [0.2, 0.25) is 0 Å². The van der Waals surface area contributed by atoms with Crippen LogP contribution in [0.4, 0.5) is 5.69 Å². The second-order valence-electron chi connectivity index (χ2n) is 4.41. The molecule has 2 amide bonds. The Morgan fingerprint density at radius 3 is 2.72 bits per heavy atom. The fourth-order valence-electron chi connectivity index (χ4n) is 1.95. The van der Waals surface area contributed by atoms with Crippen molar-refractivity contribution >= 4 is 17.5 Å². The van der Waals surface area contributed by atoms with Gasteiger partial charge in [0, 0.05) is 25.2 Å². The fourth-order valence-corrected chi connectivity index (χ4v) is 1.95. The highest BCUT2D eigenvalue weighted by Gasteiger charge is 2.20. The van der Waals surface area contributed by atoms with Gasteiger partial charge >= 0.3 is 0 Å². The Morgan fingerprint density at radius 1 is 1.33 bits per heavy atom. The van der Waals surface area contributed by atoms with Gasteiger partial charge in [-0.1, -0.05) is 12.1 Å². The average molecular weight is 247 g/mol. The average Bonchev–Trinajstić information content (AvgIpc) is 2.38. The van der Waals surface area contributed by atoms with E-state index in [4.69, 9.17) is 5.73 Å². The summed E-state index contributed by atoms with van der Waals surface area (Å²) in [4.78, 5) is 24.7. The highest BCUT2D eigenvalue weighted by molar-refractivity contribution is 5.85. The zero-order valence-corrected chi connectivity index (χ0v) is 10.2. The molecule has 0 bridgehead atoms. The monoisotopic (exact) mass is 247 g/mol. The molecule has 1 aliphatic rings. The molecule has 18 heavy (non-hydrogen) atoms. The molecule has 1 aromatic rings. The van der Waals surface area contributed by atoms with Crippen molar-refractivity contribution in [1.82, 2.24) is 10.2 Å². The highest BCUT2D eigenvalue weighted by Crippen LogP contribution is 2.09. The lowest BCUT2D eigenvalue weighted by atomic mass is 10.1. The number of nitrogens with zero attached hydrogens (tertiary/aromatic N) is 1. The summed E-state index contributed by atoms with van der Waals surface area (Å²) in [6.45, 7) is 1.33. The van der Waals surface area contributed by atoms with E-state index in [-0.39, 0.29) is 18.4 Å². The first-order chi connectivity index (χ1) is 8.65. The van der Waals surface area contributed by atoms with Gasteiger partial charge in [0.05, 0.1) is 6.54 Å². The Bertz CT molecular complexity index is 442. The number of piperazine rings is 1. The van der Waals surface area contributed by atoms with Crippen LogP contribution < -0.4 is 11.1 Å². The molecule has 1 heterocycles. The fraction of sp³-hybridized carbons (Fsp3) is 0.385. The predicted molar refractivity (Wildman–Crippen MR) is 68.8 cm³/mol. The summed E-state index contributed by atoms with van der Waals surface area (Å²) in [6.07, 6.45) is 1.11. The number of nitrogen functional groups attached to an aromatic ring is 1. The van der Waals surface area contributed by atoms with Gasteiger partial charge in [-0.05, 0) is 24.1 Å². The van der Waals surface area contributed by atoms with Gasteiger partial charge in [0.2, 0.25) is 11.8 Å². The van der Waals surface area contributed by atoms with Crippen molar-refractivity contribution in [2.45, 2.75) is 12.8 Å². The van der Waals surface area contributed by atoms with Crippen molar-refractivity contribution in [2.24, 2.45) is 0 Å². The van der Waals surface area contributed by atoms with Crippen LogP contribution in [0.25, 0.3) is 0 Å². The molecule has 1 aliphatic heterocycles. The van der Waals surface area contributed by atoms with Crippen molar-refractivity contribution < 1.29 is 9.59 Å². The molecule has 96 valence electrons. The largest absolute Gasteiger partial charge is 0.399 e. The molecule has 1 saturated heterocycles. The Labute approximate surface area is 106 Å². The van der Waals surface area contributed by atoms with E-state index in [2.05, 4.69) is 5.32 Å². The Kier molecular flexibility index (Phi) is 3.82. The van der Waals surface area contributed by atoms with Crippen molar-refractivity contribution in [3.05, 3.63) is 29.8 Å². The van der Waals surface area contributed by atoms with E-state index in [1.54, 1.807) is 4.90 Å². The normalized spacial score (nSPS) is 15.3. The lowest BCUT2D eigenvalue weighted by Crippen LogP contribution is -2.50. The van der Waals surface area contributed by atoms with E-state index in [0.717, 1.165) is 11.3 Å². The van der Waals surface area contributed by atoms with Crippen LogP contribution in [0.15, 0.2) is 24.3 Å². The van der Waals surface area contributed by atoms with Gasteiger partial charge in [0.15, 0.2) is 0 Å². The van der Waals surface area contributed by atoms with Crippen LogP contribution in [-0.2, 0) is 16.0 Å². The molecule has 0 aromatic heterocycles. The van der Waals surface area contributed by atoms with Gasteiger partial charge in [-0.2, -0.15) is 0 Å². The van der Waals surface area contributed by atoms with Crippen LogP contribution in [0.3, 0.4) is 0 Å². The van der Waals surface area contributed by atoms with E-state index in [1.165, 1.54) is 0 Å². The van der Waals surface area contributed by atoms with Crippen LogP contribution in [0.5, 0.6) is 0 Å². The molecule has 3 N–H and O–H groups in total. The van der Waals surface area contributed by atoms with Crippen LogP contribution >= 0.6 is 0 Å². The summed E-state index contributed by atoms with van der Waals surface area (Å²) in [6, 6.07) is 7.50. The van der Waals surface area contributed by atoms with Gasteiger partial charge in [-0.25, -0.2) is 0 Å². The molecule has 0 spiro atoms. The number of carbonyl (C=O) groups excluding carboxylic acids is 2. The van der Waals surface area contributed by atoms with Crippen LogP contribution in [0.1, 0.15) is 12.0 Å². The summed E-state index contributed by atoms with van der Waals surface area (Å²) in [5.74, 6) is -0.0521. The first-order valence-corrected chi connectivity index (χ1v) is 6.04. The standard InChI is InChI=1S/C13H17N3O2/c14-11-4-1-10(2-5-11)3-6-13(18)16-8-7-15-12(17)9-16/h1-2,4-5H,3,6-9,14H2,(H,15,17). The lowest BCUT2D eigenvalue weighted by Gasteiger charge is -2.26. The van der Waals surface area contributed by atoms with Crippen molar-refractivity contribution in [3.63, 3.8) is 0 Å². The third-order valence-electron chi connectivity index (χ3n) is 3.00. The molecule has 0 atom stereocenters. The molecular formula is C13H17N3O2. The van der Waals surface area contributed by atoms with Crippen molar-refractivity contribution in [2.75, 3.05) is 25.4 Å². The van der Waals surface area contributed by atoms with E-state index in [0.29, 0.717) is 25.9 Å². The quantitative estimate of drug-likeness (QED) is 0.747. The maximum atomic E-state index is 11.9. The topological polar surface area (TPSA) is 75.4 Å². The number of rotatable bonds is 3. The number of nitrogens with two attached hydrogens (primary N) is 1. The number of anilines is 1. The second-order valence-corrected chi connectivity index (χ2v) is 4.41. The minimum Gasteiger partial charge on any atom is -0.399 e. The molecule has 0 saturated carbocycles. The Morgan fingerprint density at radius 2 is 2.06 bits per heavy atom. The summed E-state index contributed by atoms with van der Waals surface area (Å²) in [5.41, 5.74) is 7.40. The molecule has 0 unspecified atom stereocenters. The van der Waals surface area contributed by atoms with Gasteiger partial charge in [0.25, 0.3) is 0 Å². The highest BCUT2D eigenvalue weighted by atomic mass is 16.2. The van der Waals surface area contributed by atoms with Crippen molar-refractivity contribution in [3.8, 4) is 0 Å². The third kappa shape index (κ3) is 3.23. The van der Waals surface area contributed by atoms with Gasteiger partial charge in [-0.15, -0.1) is 0 Å². The smallest absolute Gasteiger partial charge is 0.239 e. The van der Waals surface area contributed by atoms with E-state index < -0.39 is 0 Å². The molecule has 1 fully saturated rings. The minimum atomic E-state index is -0.0814. The number of hydrogen-bond acceptors (Lipinski definition) is 3. The number of hydrogen-bond donors (Lipinski definition) is 2. The van der Waals surface area contributed by atoms with Crippen LogP contribution in [0, 0.1) is 0 Å². The molecule has 5 nitrogen and oxygen atoms in total. The predicted octanol–water partition coefficient (Wildman–Crippen LogP) is 0.160. The minimum absolute atomic E-state index is 0.0293. The summed E-state index contributed by atoms with van der Waals surface area (Å²) in [5, 5.41) is 2.70. The summed E-state index contributed by atoms with van der Waals surface area (Å²) in [7, 11) is 0. The van der Waals surface area contributed by atoms with Crippen LogP contribution in [-0.4, -0.2) is 36.3 Å². The zero-order chi connectivity index (χ0) is 13.0. The van der Waals surface area contributed by atoms with E-state index in [9.17, 15) is 9.59 Å².